The molecule has 20 heavy (non-hydrogen) atoms. The summed E-state index contributed by atoms with van der Waals surface area (Å²) in [4.78, 5) is 22.1. The van der Waals surface area contributed by atoms with Crippen LogP contribution in [0.3, 0.4) is 0 Å². The molecule has 0 aliphatic rings. The van der Waals surface area contributed by atoms with Gasteiger partial charge in [-0.25, -0.2) is 4.79 Å². The number of amides is 1. The Balaban J connectivity index is 2.34. The van der Waals surface area contributed by atoms with E-state index in [9.17, 15) is 9.59 Å². The van der Waals surface area contributed by atoms with Crippen molar-refractivity contribution in [2.45, 2.75) is 0 Å². The molecule has 0 aromatic heterocycles. The summed E-state index contributed by atoms with van der Waals surface area (Å²) in [5.74, 6) is -1.13. The van der Waals surface area contributed by atoms with Gasteiger partial charge < -0.3 is 21.3 Å². The first-order chi connectivity index (χ1) is 9.49. The average Bonchev–Trinajstić information content (AvgIpc) is 2.38. The molecule has 0 saturated heterocycles. The molecule has 5 N–H and O–H groups in total. The maximum absolute atomic E-state index is 11.3. The van der Waals surface area contributed by atoms with Crippen LogP contribution in [-0.2, 0) is 0 Å². The molecule has 0 saturated carbocycles. The van der Waals surface area contributed by atoms with Crippen molar-refractivity contribution >= 4 is 17.6 Å². The van der Waals surface area contributed by atoms with Gasteiger partial charge in [0.1, 0.15) is 11.5 Å². The number of anilines is 1. The first kappa shape index (κ1) is 13.4. The lowest BCUT2D eigenvalue weighted by atomic mass is 10.1. The number of hydrogen-bond donors (Lipinski definition) is 3. The summed E-state index contributed by atoms with van der Waals surface area (Å²) in [6.07, 6.45) is 0. The third-order valence-electron chi connectivity index (χ3n) is 2.63. The number of nitrogen functional groups attached to an aromatic ring is 1. The zero-order valence-electron chi connectivity index (χ0n) is 10.4. The molecule has 0 aliphatic carbocycles. The Labute approximate surface area is 114 Å². The summed E-state index contributed by atoms with van der Waals surface area (Å²) in [6.45, 7) is 0. The molecular weight excluding hydrogens is 260 g/mol. The van der Waals surface area contributed by atoms with Crippen LogP contribution in [0.5, 0.6) is 11.5 Å². The van der Waals surface area contributed by atoms with Crippen molar-refractivity contribution in [1.29, 1.82) is 0 Å². The fraction of sp³-hybridized carbons (Fsp3) is 0. The Morgan fingerprint density at radius 2 is 1.75 bits per heavy atom. The zero-order chi connectivity index (χ0) is 14.7. The van der Waals surface area contributed by atoms with Crippen LogP contribution in [-0.4, -0.2) is 17.0 Å². The predicted octanol–water partition coefficient (Wildman–Crippen LogP) is 1.86. The molecule has 1 amide bonds. The molecule has 6 heteroatoms. The van der Waals surface area contributed by atoms with Crippen LogP contribution in [0.25, 0.3) is 0 Å². The predicted molar refractivity (Wildman–Crippen MR) is 72.8 cm³/mol. The minimum absolute atomic E-state index is 0.0134. The van der Waals surface area contributed by atoms with Gasteiger partial charge in [-0.2, -0.15) is 0 Å². The molecular formula is C14H12N2O4. The molecule has 0 radical (unpaired) electrons. The average molecular weight is 272 g/mol. The van der Waals surface area contributed by atoms with Crippen LogP contribution >= 0.6 is 0 Å². The Morgan fingerprint density at radius 1 is 1.05 bits per heavy atom. The number of ether oxygens (including phenoxy) is 1. The summed E-state index contributed by atoms with van der Waals surface area (Å²) >= 11 is 0. The highest BCUT2D eigenvalue weighted by molar-refractivity contribution is 5.96. The van der Waals surface area contributed by atoms with Crippen molar-refractivity contribution < 1.29 is 19.4 Å². The number of aromatic carboxylic acids is 1. The van der Waals surface area contributed by atoms with E-state index in [-0.39, 0.29) is 22.6 Å². The fourth-order valence-electron chi connectivity index (χ4n) is 1.69. The molecule has 0 aliphatic heterocycles. The van der Waals surface area contributed by atoms with E-state index in [1.807, 2.05) is 0 Å². The minimum atomic E-state index is -1.12. The van der Waals surface area contributed by atoms with Crippen molar-refractivity contribution in [2.24, 2.45) is 5.73 Å². The maximum Gasteiger partial charge on any atom is 0.337 e. The van der Waals surface area contributed by atoms with Crippen molar-refractivity contribution in [3.05, 3.63) is 53.6 Å². The number of primary amides is 1. The van der Waals surface area contributed by atoms with E-state index < -0.39 is 11.9 Å². The molecule has 0 bridgehead atoms. The van der Waals surface area contributed by atoms with Gasteiger partial charge in [0.15, 0.2) is 0 Å². The lowest BCUT2D eigenvalue weighted by Gasteiger charge is -2.10. The highest BCUT2D eigenvalue weighted by Crippen LogP contribution is 2.27. The highest BCUT2D eigenvalue weighted by atomic mass is 16.5. The number of benzene rings is 2. The topological polar surface area (TPSA) is 116 Å². The van der Waals surface area contributed by atoms with E-state index in [1.54, 1.807) is 18.2 Å². The molecule has 0 atom stereocenters. The summed E-state index contributed by atoms with van der Waals surface area (Å²) in [6, 6.07) is 10.6. The van der Waals surface area contributed by atoms with Gasteiger partial charge in [-0.1, -0.05) is 12.1 Å². The van der Waals surface area contributed by atoms with Gasteiger partial charge >= 0.3 is 5.97 Å². The van der Waals surface area contributed by atoms with Crippen LogP contribution in [0.1, 0.15) is 20.7 Å². The quantitative estimate of drug-likeness (QED) is 0.734. The number of hydrogen-bond acceptors (Lipinski definition) is 4. The van der Waals surface area contributed by atoms with Gasteiger partial charge in [-0.15, -0.1) is 0 Å². The second-order valence-corrected chi connectivity index (χ2v) is 4.02. The second kappa shape index (κ2) is 5.31. The maximum atomic E-state index is 11.3. The van der Waals surface area contributed by atoms with Gasteiger partial charge in [0.25, 0.3) is 5.91 Å². The van der Waals surface area contributed by atoms with Crippen LogP contribution in [0.15, 0.2) is 42.5 Å². The van der Waals surface area contributed by atoms with Crippen molar-refractivity contribution in [2.75, 3.05) is 5.73 Å². The van der Waals surface area contributed by atoms with Crippen molar-refractivity contribution in [3.8, 4) is 11.5 Å². The molecule has 0 fully saturated rings. The normalized spacial score (nSPS) is 10.0. The van der Waals surface area contributed by atoms with Crippen LogP contribution < -0.4 is 16.2 Å². The number of nitrogens with two attached hydrogens (primary N) is 2. The fourth-order valence-corrected chi connectivity index (χ4v) is 1.69. The first-order valence-electron chi connectivity index (χ1n) is 5.68. The largest absolute Gasteiger partial charge is 0.478 e. The summed E-state index contributed by atoms with van der Waals surface area (Å²) < 4.78 is 5.51. The summed E-state index contributed by atoms with van der Waals surface area (Å²) in [5.41, 5.74) is 11.2. The number of carbonyl (C=O) groups excluding carboxylic acids is 1. The Morgan fingerprint density at radius 3 is 2.35 bits per heavy atom. The van der Waals surface area contributed by atoms with E-state index in [1.165, 1.54) is 24.3 Å². The number of carbonyl (C=O) groups is 2. The molecule has 102 valence electrons. The number of rotatable bonds is 4. The molecule has 6 nitrogen and oxygen atoms in total. The van der Waals surface area contributed by atoms with E-state index in [4.69, 9.17) is 21.3 Å². The molecule has 2 aromatic carbocycles. The van der Waals surface area contributed by atoms with E-state index in [0.717, 1.165) is 0 Å². The molecule has 0 spiro atoms. The SMILES string of the molecule is NC(=O)c1ccccc1Oc1ccc(C(=O)O)c(N)c1. The summed E-state index contributed by atoms with van der Waals surface area (Å²) in [5, 5.41) is 8.88. The van der Waals surface area contributed by atoms with Crippen LogP contribution in [0.4, 0.5) is 5.69 Å². The Kier molecular flexibility index (Phi) is 3.56. The first-order valence-corrected chi connectivity index (χ1v) is 5.68. The molecule has 0 heterocycles. The van der Waals surface area contributed by atoms with E-state index in [2.05, 4.69) is 0 Å². The third-order valence-corrected chi connectivity index (χ3v) is 2.63. The van der Waals surface area contributed by atoms with Crippen molar-refractivity contribution in [1.82, 2.24) is 0 Å². The van der Waals surface area contributed by atoms with Crippen LogP contribution in [0, 0.1) is 0 Å². The number of para-hydroxylation sites is 1. The van der Waals surface area contributed by atoms with Crippen molar-refractivity contribution in [3.63, 3.8) is 0 Å². The third kappa shape index (κ3) is 2.69. The minimum Gasteiger partial charge on any atom is -0.478 e. The Hall–Kier alpha value is -3.02. The lowest BCUT2D eigenvalue weighted by Crippen LogP contribution is -2.12. The van der Waals surface area contributed by atoms with Crippen LogP contribution in [0.2, 0.25) is 0 Å². The molecule has 2 aromatic rings. The lowest BCUT2D eigenvalue weighted by molar-refractivity contribution is 0.0698. The second-order valence-electron chi connectivity index (χ2n) is 4.02. The highest BCUT2D eigenvalue weighted by Gasteiger charge is 2.12. The molecule has 2 rings (SSSR count). The number of carboxylic acid groups (broad SMARTS) is 1. The number of carboxylic acids is 1. The zero-order valence-corrected chi connectivity index (χ0v) is 10.4. The van der Waals surface area contributed by atoms with Gasteiger partial charge in [0.2, 0.25) is 0 Å². The molecule has 0 unspecified atom stereocenters. The van der Waals surface area contributed by atoms with E-state index >= 15 is 0 Å². The van der Waals surface area contributed by atoms with Gasteiger partial charge in [0.05, 0.1) is 11.1 Å². The van der Waals surface area contributed by atoms with Gasteiger partial charge in [-0.05, 0) is 24.3 Å². The standard InChI is InChI=1S/C14H12N2O4/c15-11-7-8(5-6-9(11)14(18)19)20-12-4-2-1-3-10(12)13(16)17/h1-7H,15H2,(H2,16,17)(H,18,19). The smallest absolute Gasteiger partial charge is 0.337 e. The van der Waals surface area contributed by atoms with E-state index in [0.29, 0.717) is 5.75 Å². The monoisotopic (exact) mass is 272 g/mol. The van der Waals surface area contributed by atoms with Gasteiger partial charge in [-0.3, -0.25) is 4.79 Å². The van der Waals surface area contributed by atoms with Gasteiger partial charge in [0, 0.05) is 11.8 Å². The Bertz CT molecular complexity index is 683. The summed E-state index contributed by atoms with van der Waals surface area (Å²) in [7, 11) is 0.